The zero-order valence-electron chi connectivity index (χ0n) is 10.5. The Labute approximate surface area is 128 Å². The Hall–Kier alpha value is -1.61. The summed E-state index contributed by atoms with van der Waals surface area (Å²) in [5, 5.41) is -0.589. The second-order valence-corrected chi connectivity index (χ2v) is 7.12. The molecule has 1 unspecified atom stereocenters. The van der Waals surface area contributed by atoms with Gasteiger partial charge in [-0.25, -0.2) is 9.97 Å². The largest absolute Gasteiger partial charge is 0.307 e. The first kappa shape index (κ1) is 14.3. The average molecular weight is 374 g/mol. The molecule has 0 saturated carbocycles. The molecule has 9 heteroatoms. The van der Waals surface area contributed by atoms with Gasteiger partial charge in [0.15, 0.2) is 0 Å². The minimum atomic E-state index is -4.75. The van der Waals surface area contributed by atoms with Crippen LogP contribution in [0.15, 0.2) is 28.9 Å². The van der Waals surface area contributed by atoms with E-state index in [0.29, 0.717) is 5.52 Å². The fourth-order valence-corrected chi connectivity index (χ4v) is 3.32. The van der Waals surface area contributed by atoms with Gasteiger partial charge in [0.2, 0.25) is 11.9 Å². The van der Waals surface area contributed by atoms with Crippen LogP contribution in [0.2, 0.25) is 0 Å². The van der Waals surface area contributed by atoms with Gasteiger partial charge < -0.3 is 0 Å². The van der Waals surface area contributed by atoms with Crippen LogP contribution in [0, 0.1) is 0 Å². The average Bonchev–Trinajstić information content (AvgIpc) is 2.81. The summed E-state index contributed by atoms with van der Waals surface area (Å²) < 4.78 is 35.7. The Morgan fingerprint density at radius 3 is 2.81 bits per heavy atom. The maximum Gasteiger partial charge on any atom is 0.307 e. The topological polar surface area (TPSA) is 80.2 Å². The van der Waals surface area contributed by atoms with Crippen LogP contribution in [0.4, 0.5) is 9.83 Å². The monoisotopic (exact) mass is 373 g/mol. The molecule has 1 atom stereocenters. The predicted octanol–water partition coefficient (Wildman–Crippen LogP) is 1.80. The third kappa shape index (κ3) is 2.62. The fraction of sp³-hybridized carbons (Fsp3) is 0.250. The highest BCUT2D eigenvalue weighted by Gasteiger charge is 2.40. The molecule has 1 amide bonds. The molecule has 3 rings (SSSR count). The highest BCUT2D eigenvalue weighted by molar-refractivity contribution is 9.10. The first-order chi connectivity index (χ1) is 9.86. The molecule has 0 aliphatic carbocycles. The maximum absolute atomic E-state index is 13.0. The van der Waals surface area contributed by atoms with E-state index in [9.17, 15) is 17.1 Å². The summed E-state index contributed by atoms with van der Waals surface area (Å²) in [6.07, 6.45) is 1.14. The van der Waals surface area contributed by atoms with Gasteiger partial charge in [-0.1, -0.05) is 22.0 Å². The zero-order valence-corrected chi connectivity index (χ0v) is 12.9. The molecular weight excluding hydrogens is 365 g/mol. The van der Waals surface area contributed by atoms with E-state index in [4.69, 9.17) is 0 Å². The van der Waals surface area contributed by atoms with Crippen molar-refractivity contribution >= 4 is 48.9 Å². The van der Waals surface area contributed by atoms with Gasteiger partial charge in [0, 0.05) is 29.0 Å². The summed E-state index contributed by atoms with van der Waals surface area (Å²) in [6, 6.07) is 5.36. The standard InChI is InChI=1S/C12H9BrFN3O3S/c13-9-2-1-3-10-8(9)5-15-12(16-10)17-6-7(4-11(17)18)21(14,19)20/h1-3,5,7H,4,6H2. The maximum atomic E-state index is 13.0. The van der Waals surface area contributed by atoms with Gasteiger partial charge in [0.25, 0.3) is 0 Å². The molecular formula is C12H9BrFN3O3S. The molecule has 110 valence electrons. The van der Waals surface area contributed by atoms with Gasteiger partial charge in [-0.05, 0) is 12.1 Å². The molecule has 1 aromatic carbocycles. The van der Waals surface area contributed by atoms with Crippen molar-refractivity contribution in [2.45, 2.75) is 11.7 Å². The van der Waals surface area contributed by atoms with Crippen molar-refractivity contribution < 1.29 is 17.1 Å². The van der Waals surface area contributed by atoms with Gasteiger partial charge in [0.1, 0.15) is 5.25 Å². The molecule has 1 aliphatic rings. The Balaban J connectivity index is 2.00. The van der Waals surface area contributed by atoms with Crippen LogP contribution in [-0.4, -0.2) is 36.1 Å². The second-order valence-electron chi connectivity index (χ2n) is 4.65. The number of fused-ring (bicyclic) bond motifs is 1. The molecule has 1 aromatic heterocycles. The number of aromatic nitrogens is 2. The number of halogens is 2. The van der Waals surface area contributed by atoms with Gasteiger partial charge >= 0.3 is 10.2 Å². The zero-order chi connectivity index (χ0) is 15.2. The summed E-state index contributed by atoms with van der Waals surface area (Å²) in [5.41, 5.74) is 0.605. The van der Waals surface area contributed by atoms with Crippen LogP contribution >= 0.6 is 15.9 Å². The second kappa shape index (κ2) is 4.99. The molecule has 0 radical (unpaired) electrons. The summed E-state index contributed by atoms with van der Waals surface area (Å²) in [4.78, 5) is 21.2. The van der Waals surface area contributed by atoms with Crippen LogP contribution in [-0.2, 0) is 15.0 Å². The van der Waals surface area contributed by atoms with E-state index in [1.54, 1.807) is 12.1 Å². The molecule has 1 saturated heterocycles. The summed E-state index contributed by atoms with van der Waals surface area (Å²) in [6.45, 7) is -0.267. The minimum Gasteiger partial charge on any atom is -0.279 e. The van der Waals surface area contributed by atoms with E-state index in [0.717, 1.165) is 14.8 Å². The van der Waals surface area contributed by atoms with Crippen molar-refractivity contribution in [2.24, 2.45) is 0 Å². The van der Waals surface area contributed by atoms with Crippen molar-refractivity contribution in [1.29, 1.82) is 0 Å². The number of amides is 1. The number of hydrogen-bond acceptors (Lipinski definition) is 5. The van der Waals surface area contributed by atoms with Crippen LogP contribution in [0.3, 0.4) is 0 Å². The van der Waals surface area contributed by atoms with Crippen molar-refractivity contribution in [3.8, 4) is 0 Å². The lowest BCUT2D eigenvalue weighted by Gasteiger charge is -2.14. The molecule has 0 spiro atoms. The Kier molecular flexibility index (Phi) is 3.40. The van der Waals surface area contributed by atoms with E-state index < -0.39 is 27.8 Å². The first-order valence-corrected chi connectivity index (χ1v) is 8.25. The lowest BCUT2D eigenvalue weighted by Crippen LogP contribution is -2.28. The van der Waals surface area contributed by atoms with Crippen molar-refractivity contribution in [3.05, 3.63) is 28.9 Å². The minimum absolute atomic E-state index is 0.0803. The quantitative estimate of drug-likeness (QED) is 0.749. The predicted molar refractivity (Wildman–Crippen MR) is 78.0 cm³/mol. The number of benzene rings is 1. The number of carbonyl (C=O) groups excluding carboxylic acids is 1. The van der Waals surface area contributed by atoms with Crippen LogP contribution in [0.1, 0.15) is 6.42 Å². The normalized spacial score (nSPS) is 19.4. The number of carbonyl (C=O) groups is 1. The molecule has 1 aliphatic heterocycles. The third-order valence-electron chi connectivity index (χ3n) is 3.29. The molecule has 0 bridgehead atoms. The van der Waals surface area contributed by atoms with Gasteiger partial charge in [-0.15, -0.1) is 3.89 Å². The van der Waals surface area contributed by atoms with Crippen molar-refractivity contribution in [3.63, 3.8) is 0 Å². The van der Waals surface area contributed by atoms with Crippen molar-refractivity contribution in [1.82, 2.24) is 9.97 Å². The summed E-state index contributed by atoms with van der Waals surface area (Å²) in [5.74, 6) is -0.424. The Bertz CT molecular complexity index is 843. The SMILES string of the molecule is O=C1CC(S(=O)(=O)F)CN1c1ncc2c(Br)cccc2n1. The van der Waals surface area contributed by atoms with Crippen LogP contribution < -0.4 is 4.90 Å². The molecule has 2 heterocycles. The van der Waals surface area contributed by atoms with E-state index >= 15 is 0 Å². The number of hydrogen-bond donors (Lipinski definition) is 0. The van der Waals surface area contributed by atoms with E-state index in [1.165, 1.54) is 6.20 Å². The first-order valence-electron chi connectivity index (χ1n) is 6.01. The molecule has 1 fully saturated rings. The molecule has 6 nitrogen and oxygen atoms in total. The van der Waals surface area contributed by atoms with E-state index in [2.05, 4.69) is 25.9 Å². The highest BCUT2D eigenvalue weighted by Crippen LogP contribution is 2.26. The van der Waals surface area contributed by atoms with Crippen molar-refractivity contribution in [2.75, 3.05) is 11.4 Å². The fourth-order valence-electron chi connectivity index (χ4n) is 2.20. The Morgan fingerprint density at radius 1 is 1.38 bits per heavy atom. The van der Waals surface area contributed by atoms with Crippen LogP contribution in [0.5, 0.6) is 0 Å². The lowest BCUT2D eigenvalue weighted by atomic mass is 10.2. The number of anilines is 1. The van der Waals surface area contributed by atoms with E-state index in [1.807, 2.05) is 6.07 Å². The molecule has 0 N–H and O–H groups in total. The summed E-state index contributed by atoms with van der Waals surface area (Å²) >= 11 is 3.36. The highest BCUT2D eigenvalue weighted by atomic mass is 79.9. The van der Waals surface area contributed by atoms with Crippen LogP contribution in [0.25, 0.3) is 10.9 Å². The van der Waals surface area contributed by atoms with Gasteiger partial charge in [0.05, 0.1) is 5.52 Å². The molecule has 2 aromatic rings. The summed E-state index contributed by atoms with van der Waals surface area (Å²) in [7, 11) is -4.75. The number of nitrogens with zero attached hydrogens (tertiary/aromatic N) is 3. The third-order valence-corrected chi connectivity index (χ3v) is 5.09. The van der Waals surface area contributed by atoms with E-state index in [-0.39, 0.29) is 12.5 Å². The van der Waals surface area contributed by atoms with Gasteiger partial charge in [-0.2, -0.15) is 8.42 Å². The Morgan fingerprint density at radius 2 is 2.14 bits per heavy atom. The number of rotatable bonds is 2. The smallest absolute Gasteiger partial charge is 0.279 e. The lowest BCUT2D eigenvalue weighted by molar-refractivity contribution is -0.117. The van der Waals surface area contributed by atoms with Gasteiger partial charge in [-0.3, -0.25) is 9.69 Å². The molecule has 21 heavy (non-hydrogen) atoms.